The Balaban J connectivity index is 1.90. The number of hydrogen-bond donors (Lipinski definition) is 0. The van der Waals surface area contributed by atoms with Crippen molar-refractivity contribution in [2.24, 2.45) is 5.92 Å². The van der Waals surface area contributed by atoms with Crippen molar-refractivity contribution in [3.05, 3.63) is 24.2 Å². The molecule has 0 spiro atoms. The van der Waals surface area contributed by atoms with Crippen LogP contribution in [0.2, 0.25) is 0 Å². The minimum absolute atomic E-state index is 0.0832. The molecule has 14 heavy (non-hydrogen) atoms. The first-order valence-electron chi connectivity index (χ1n) is 4.91. The molecule has 0 amide bonds. The normalized spacial score (nSPS) is 26.6. The highest BCUT2D eigenvalue weighted by atomic mass is 16.5. The summed E-state index contributed by atoms with van der Waals surface area (Å²) in [5.74, 6) is 0.343. The van der Waals surface area contributed by atoms with Crippen LogP contribution in [0, 0.1) is 5.92 Å². The molecule has 76 valence electrons. The molecule has 1 aromatic heterocycles. The van der Waals surface area contributed by atoms with Crippen LogP contribution in [-0.2, 0) is 16.0 Å². The van der Waals surface area contributed by atoms with Crippen molar-refractivity contribution in [1.82, 2.24) is 0 Å². The minimum Gasteiger partial charge on any atom is -0.472 e. The number of furan rings is 1. The summed E-state index contributed by atoms with van der Waals surface area (Å²) in [5.41, 5.74) is 0.953. The summed E-state index contributed by atoms with van der Waals surface area (Å²) in [7, 11) is 0. The molecule has 2 unspecified atom stereocenters. The van der Waals surface area contributed by atoms with Gasteiger partial charge >= 0.3 is 0 Å². The van der Waals surface area contributed by atoms with Gasteiger partial charge in [-0.2, -0.15) is 0 Å². The van der Waals surface area contributed by atoms with Gasteiger partial charge in [-0.3, -0.25) is 4.79 Å². The summed E-state index contributed by atoms with van der Waals surface area (Å²) in [4.78, 5) is 11.7. The fraction of sp³-hybridized carbons (Fsp3) is 0.545. The molecule has 1 saturated heterocycles. The summed E-state index contributed by atoms with van der Waals surface area (Å²) < 4.78 is 10.3. The SMILES string of the molecule is CC1CC(C(=O)Cc2ccoc2)CO1. The van der Waals surface area contributed by atoms with Crippen molar-refractivity contribution in [1.29, 1.82) is 0 Å². The van der Waals surface area contributed by atoms with Crippen molar-refractivity contribution in [3.8, 4) is 0 Å². The van der Waals surface area contributed by atoms with Crippen LogP contribution in [0.1, 0.15) is 18.9 Å². The second-order valence-corrected chi connectivity index (χ2v) is 3.85. The zero-order valence-electron chi connectivity index (χ0n) is 8.23. The number of Topliss-reactive ketones (excluding diaryl/α,β-unsaturated/α-hetero) is 1. The van der Waals surface area contributed by atoms with E-state index in [2.05, 4.69) is 0 Å². The maximum absolute atomic E-state index is 11.7. The average molecular weight is 194 g/mol. The molecular formula is C11H14O3. The Hall–Kier alpha value is -1.09. The van der Waals surface area contributed by atoms with Crippen LogP contribution in [0.5, 0.6) is 0 Å². The Morgan fingerprint density at radius 3 is 3.07 bits per heavy atom. The summed E-state index contributed by atoms with van der Waals surface area (Å²) in [6, 6.07) is 1.83. The maximum atomic E-state index is 11.7. The molecule has 0 N–H and O–H groups in total. The first kappa shape index (κ1) is 9.46. The lowest BCUT2D eigenvalue weighted by Gasteiger charge is -2.04. The Morgan fingerprint density at radius 1 is 1.64 bits per heavy atom. The first-order valence-corrected chi connectivity index (χ1v) is 4.91. The highest BCUT2D eigenvalue weighted by Gasteiger charge is 2.27. The second kappa shape index (κ2) is 3.96. The molecule has 0 aliphatic carbocycles. The molecule has 2 atom stereocenters. The monoisotopic (exact) mass is 194 g/mol. The Kier molecular flexibility index (Phi) is 2.68. The van der Waals surface area contributed by atoms with E-state index in [0.717, 1.165) is 12.0 Å². The van der Waals surface area contributed by atoms with E-state index in [9.17, 15) is 4.79 Å². The van der Waals surface area contributed by atoms with Gasteiger partial charge in [0.15, 0.2) is 0 Å². The van der Waals surface area contributed by atoms with E-state index in [4.69, 9.17) is 9.15 Å². The van der Waals surface area contributed by atoms with Gasteiger partial charge in [0, 0.05) is 12.3 Å². The number of carbonyl (C=O) groups excluding carboxylic acids is 1. The van der Waals surface area contributed by atoms with E-state index < -0.39 is 0 Å². The maximum Gasteiger partial charge on any atom is 0.142 e. The average Bonchev–Trinajstić information content (AvgIpc) is 2.75. The minimum atomic E-state index is 0.0832. The fourth-order valence-electron chi connectivity index (χ4n) is 1.78. The standard InChI is InChI=1S/C11H14O3/c1-8-4-10(7-14-8)11(12)5-9-2-3-13-6-9/h2-3,6,8,10H,4-5,7H2,1H3. The van der Waals surface area contributed by atoms with Crippen LogP contribution >= 0.6 is 0 Å². The number of hydrogen-bond acceptors (Lipinski definition) is 3. The molecule has 2 heterocycles. The zero-order chi connectivity index (χ0) is 9.97. The Labute approximate surface area is 83.0 Å². The molecule has 1 aliphatic rings. The highest BCUT2D eigenvalue weighted by Crippen LogP contribution is 2.21. The summed E-state index contributed by atoms with van der Waals surface area (Å²) in [6.07, 6.45) is 4.77. The van der Waals surface area contributed by atoms with Crippen LogP contribution < -0.4 is 0 Å². The lowest BCUT2D eigenvalue weighted by Crippen LogP contribution is -2.16. The second-order valence-electron chi connectivity index (χ2n) is 3.85. The molecular weight excluding hydrogens is 180 g/mol. The van der Waals surface area contributed by atoms with Gasteiger partial charge < -0.3 is 9.15 Å². The smallest absolute Gasteiger partial charge is 0.142 e. The van der Waals surface area contributed by atoms with E-state index >= 15 is 0 Å². The molecule has 0 saturated carbocycles. The largest absolute Gasteiger partial charge is 0.472 e. The molecule has 3 nitrogen and oxygen atoms in total. The van der Waals surface area contributed by atoms with Gasteiger partial charge in [0.05, 0.1) is 25.2 Å². The molecule has 2 rings (SSSR count). The number of rotatable bonds is 3. The summed E-state index contributed by atoms with van der Waals surface area (Å²) >= 11 is 0. The van der Waals surface area contributed by atoms with Gasteiger partial charge in [-0.15, -0.1) is 0 Å². The van der Waals surface area contributed by atoms with Crippen LogP contribution in [0.15, 0.2) is 23.0 Å². The lowest BCUT2D eigenvalue weighted by atomic mass is 9.97. The van der Waals surface area contributed by atoms with Crippen LogP contribution in [-0.4, -0.2) is 18.5 Å². The summed E-state index contributed by atoms with van der Waals surface area (Å²) in [6.45, 7) is 2.59. The highest BCUT2D eigenvalue weighted by molar-refractivity contribution is 5.83. The van der Waals surface area contributed by atoms with Crippen LogP contribution in [0.3, 0.4) is 0 Å². The molecule has 0 radical (unpaired) electrons. The summed E-state index contributed by atoms with van der Waals surface area (Å²) in [5, 5.41) is 0. The van der Waals surface area contributed by atoms with Gasteiger partial charge in [0.2, 0.25) is 0 Å². The van der Waals surface area contributed by atoms with E-state index in [-0.39, 0.29) is 17.8 Å². The third-order valence-corrected chi connectivity index (χ3v) is 2.61. The van der Waals surface area contributed by atoms with Gasteiger partial charge in [-0.05, 0) is 25.0 Å². The van der Waals surface area contributed by atoms with Gasteiger partial charge in [0.1, 0.15) is 5.78 Å². The van der Waals surface area contributed by atoms with Crippen molar-refractivity contribution < 1.29 is 13.9 Å². The molecule has 0 bridgehead atoms. The molecule has 1 aromatic rings. The van der Waals surface area contributed by atoms with E-state index in [1.54, 1.807) is 12.5 Å². The third-order valence-electron chi connectivity index (χ3n) is 2.61. The van der Waals surface area contributed by atoms with E-state index in [0.29, 0.717) is 13.0 Å². The van der Waals surface area contributed by atoms with Crippen molar-refractivity contribution in [2.75, 3.05) is 6.61 Å². The lowest BCUT2D eigenvalue weighted by molar-refractivity contribution is -0.122. The Bertz CT molecular complexity index is 302. The van der Waals surface area contributed by atoms with Crippen molar-refractivity contribution in [3.63, 3.8) is 0 Å². The van der Waals surface area contributed by atoms with Gasteiger partial charge in [-0.1, -0.05) is 0 Å². The first-order chi connectivity index (χ1) is 6.75. The topological polar surface area (TPSA) is 39.4 Å². The molecule has 1 aliphatic heterocycles. The van der Waals surface area contributed by atoms with Crippen molar-refractivity contribution in [2.45, 2.75) is 25.9 Å². The van der Waals surface area contributed by atoms with Crippen LogP contribution in [0.25, 0.3) is 0 Å². The van der Waals surface area contributed by atoms with Crippen molar-refractivity contribution >= 4 is 5.78 Å². The molecule has 3 heteroatoms. The zero-order valence-corrected chi connectivity index (χ0v) is 8.23. The Morgan fingerprint density at radius 2 is 2.50 bits per heavy atom. The van der Waals surface area contributed by atoms with Gasteiger partial charge in [0.25, 0.3) is 0 Å². The molecule has 1 fully saturated rings. The number of carbonyl (C=O) groups is 1. The van der Waals surface area contributed by atoms with Crippen LogP contribution in [0.4, 0.5) is 0 Å². The van der Waals surface area contributed by atoms with E-state index in [1.165, 1.54) is 0 Å². The molecule has 0 aromatic carbocycles. The quantitative estimate of drug-likeness (QED) is 0.736. The van der Waals surface area contributed by atoms with Gasteiger partial charge in [-0.25, -0.2) is 0 Å². The number of ether oxygens (including phenoxy) is 1. The third kappa shape index (κ3) is 2.04. The fourth-order valence-corrected chi connectivity index (χ4v) is 1.78. The predicted molar refractivity (Wildman–Crippen MR) is 50.9 cm³/mol. The number of ketones is 1. The predicted octanol–water partition coefficient (Wildman–Crippen LogP) is 1.82. The van der Waals surface area contributed by atoms with E-state index in [1.807, 2.05) is 13.0 Å².